The SMILES string of the molecule is O=C1C=CC(=O)c2c1cc1ccccn21. The van der Waals surface area contributed by atoms with E-state index in [2.05, 4.69) is 0 Å². The summed E-state index contributed by atoms with van der Waals surface area (Å²) in [7, 11) is 0. The fourth-order valence-electron chi connectivity index (χ4n) is 1.88. The Morgan fingerprint density at radius 3 is 2.67 bits per heavy atom. The lowest BCUT2D eigenvalue weighted by atomic mass is 10.0. The van der Waals surface area contributed by atoms with E-state index in [-0.39, 0.29) is 11.6 Å². The Bertz CT molecular complexity index is 620. The van der Waals surface area contributed by atoms with Crippen molar-refractivity contribution in [2.75, 3.05) is 0 Å². The van der Waals surface area contributed by atoms with Gasteiger partial charge >= 0.3 is 0 Å². The van der Waals surface area contributed by atoms with Crippen LogP contribution < -0.4 is 0 Å². The summed E-state index contributed by atoms with van der Waals surface area (Å²) in [4.78, 5) is 23.2. The summed E-state index contributed by atoms with van der Waals surface area (Å²) < 4.78 is 1.75. The van der Waals surface area contributed by atoms with Gasteiger partial charge in [-0.25, -0.2) is 0 Å². The Kier molecular flexibility index (Phi) is 1.45. The zero-order chi connectivity index (χ0) is 10.4. The molecule has 2 heterocycles. The van der Waals surface area contributed by atoms with Crippen molar-refractivity contribution in [1.82, 2.24) is 4.40 Å². The van der Waals surface area contributed by atoms with Crippen LogP contribution in [0.1, 0.15) is 20.8 Å². The monoisotopic (exact) mass is 197 g/mol. The normalized spacial score (nSPS) is 14.7. The topological polar surface area (TPSA) is 38.5 Å². The van der Waals surface area contributed by atoms with Gasteiger partial charge in [-0.15, -0.1) is 0 Å². The highest BCUT2D eigenvalue weighted by molar-refractivity contribution is 6.22. The molecule has 0 aromatic carbocycles. The number of fused-ring (bicyclic) bond motifs is 3. The molecule has 0 fully saturated rings. The fourth-order valence-corrected chi connectivity index (χ4v) is 1.88. The number of carbonyl (C=O) groups excluding carboxylic acids is 2. The Morgan fingerprint density at radius 1 is 1.00 bits per heavy atom. The van der Waals surface area contributed by atoms with Crippen LogP contribution in [0.4, 0.5) is 0 Å². The lowest BCUT2D eigenvalue weighted by molar-refractivity contribution is 0.0991. The lowest BCUT2D eigenvalue weighted by Crippen LogP contribution is -2.11. The van der Waals surface area contributed by atoms with Crippen molar-refractivity contribution >= 4 is 17.1 Å². The number of pyridine rings is 1. The summed E-state index contributed by atoms with van der Waals surface area (Å²) in [5.74, 6) is -0.218. The molecule has 1 aliphatic rings. The van der Waals surface area contributed by atoms with E-state index in [1.807, 2.05) is 18.2 Å². The molecular weight excluding hydrogens is 190 g/mol. The first kappa shape index (κ1) is 8.17. The van der Waals surface area contributed by atoms with Crippen LogP contribution in [0.3, 0.4) is 0 Å². The first-order valence-electron chi connectivity index (χ1n) is 4.64. The maximum Gasteiger partial charge on any atom is 0.203 e. The number of allylic oxidation sites excluding steroid dienone is 2. The number of hydrogen-bond acceptors (Lipinski definition) is 2. The van der Waals surface area contributed by atoms with Crippen molar-refractivity contribution < 1.29 is 9.59 Å². The van der Waals surface area contributed by atoms with Gasteiger partial charge in [0.25, 0.3) is 0 Å². The second kappa shape index (κ2) is 2.67. The predicted molar refractivity (Wildman–Crippen MR) is 55.2 cm³/mol. The van der Waals surface area contributed by atoms with Crippen LogP contribution in [0.25, 0.3) is 5.52 Å². The van der Waals surface area contributed by atoms with Gasteiger partial charge in [-0.05, 0) is 30.4 Å². The third kappa shape index (κ3) is 1.00. The molecule has 72 valence electrons. The van der Waals surface area contributed by atoms with Crippen molar-refractivity contribution in [3.8, 4) is 0 Å². The van der Waals surface area contributed by atoms with Crippen LogP contribution in [0, 0.1) is 0 Å². The second-order valence-corrected chi connectivity index (χ2v) is 3.46. The van der Waals surface area contributed by atoms with E-state index >= 15 is 0 Å². The summed E-state index contributed by atoms with van der Waals surface area (Å²) in [6, 6.07) is 7.34. The zero-order valence-corrected chi connectivity index (χ0v) is 7.81. The van der Waals surface area contributed by atoms with Gasteiger partial charge in [-0.1, -0.05) is 6.07 Å². The highest BCUT2D eigenvalue weighted by atomic mass is 16.1. The van der Waals surface area contributed by atoms with E-state index in [1.54, 1.807) is 16.7 Å². The molecule has 0 saturated carbocycles. The number of aromatic nitrogens is 1. The van der Waals surface area contributed by atoms with Crippen LogP contribution in [-0.4, -0.2) is 16.0 Å². The molecule has 0 unspecified atom stereocenters. The van der Waals surface area contributed by atoms with E-state index in [9.17, 15) is 9.59 Å². The molecule has 0 spiro atoms. The summed E-state index contributed by atoms with van der Waals surface area (Å²) in [5, 5.41) is 0. The van der Waals surface area contributed by atoms with Gasteiger partial charge in [0.1, 0.15) is 5.69 Å². The molecule has 0 bridgehead atoms. The van der Waals surface area contributed by atoms with Gasteiger partial charge in [-0.3, -0.25) is 9.59 Å². The number of carbonyl (C=O) groups is 2. The Labute approximate surface area is 85.6 Å². The first-order chi connectivity index (χ1) is 7.27. The summed E-state index contributed by atoms with van der Waals surface area (Å²) >= 11 is 0. The molecule has 3 heteroatoms. The van der Waals surface area contributed by atoms with E-state index in [0.29, 0.717) is 11.3 Å². The van der Waals surface area contributed by atoms with Gasteiger partial charge in [-0.2, -0.15) is 0 Å². The Balaban J connectivity index is 2.47. The lowest BCUT2D eigenvalue weighted by Gasteiger charge is -2.04. The summed E-state index contributed by atoms with van der Waals surface area (Å²) in [5.41, 5.74) is 1.83. The fraction of sp³-hybridized carbons (Fsp3) is 0. The average Bonchev–Trinajstić information content (AvgIpc) is 2.64. The zero-order valence-electron chi connectivity index (χ0n) is 7.81. The van der Waals surface area contributed by atoms with Crippen LogP contribution >= 0.6 is 0 Å². The maximum atomic E-state index is 11.6. The number of hydrogen-bond donors (Lipinski definition) is 0. The van der Waals surface area contributed by atoms with E-state index in [0.717, 1.165) is 5.52 Å². The van der Waals surface area contributed by atoms with Gasteiger partial charge in [0.05, 0.1) is 5.56 Å². The first-order valence-corrected chi connectivity index (χ1v) is 4.64. The Hall–Kier alpha value is -2.16. The van der Waals surface area contributed by atoms with Crippen molar-refractivity contribution in [2.45, 2.75) is 0 Å². The van der Waals surface area contributed by atoms with Crippen molar-refractivity contribution in [1.29, 1.82) is 0 Å². The minimum atomic E-state index is -0.115. The highest BCUT2D eigenvalue weighted by Crippen LogP contribution is 2.21. The van der Waals surface area contributed by atoms with Crippen molar-refractivity contribution in [2.24, 2.45) is 0 Å². The van der Waals surface area contributed by atoms with Crippen molar-refractivity contribution in [3.05, 3.63) is 53.9 Å². The third-order valence-electron chi connectivity index (χ3n) is 2.56. The number of nitrogens with zero attached hydrogens (tertiary/aromatic N) is 1. The molecule has 0 amide bonds. The molecule has 3 rings (SSSR count). The molecular formula is C12H7NO2. The second-order valence-electron chi connectivity index (χ2n) is 3.46. The molecule has 0 N–H and O–H groups in total. The van der Waals surface area contributed by atoms with Gasteiger partial charge in [0, 0.05) is 11.7 Å². The van der Waals surface area contributed by atoms with E-state index < -0.39 is 0 Å². The highest BCUT2D eigenvalue weighted by Gasteiger charge is 2.22. The van der Waals surface area contributed by atoms with E-state index in [4.69, 9.17) is 0 Å². The molecule has 0 atom stereocenters. The molecule has 2 aromatic rings. The molecule has 0 aliphatic heterocycles. The van der Waals surface area contributed by atoms with Crippen LogP contribution in [-0.2, 0) is 0 Å². The van der Waals surface area contributed by atoms with Gasteiger partial charge < -0.3 is 4.40 Å². The standard InChI is InChI=1S/C12H7NO2/c14-10-4-5-11(15)12-9(10)7-8-3-1-2-6-13(8)12/h1-7H. The largest absolute Gasteiger partial charge is 0.313 e. The molecule has 2 aromatic heterocycles. The number of ketones is 2. The molecule has 0 radical (unpaired) electrons. The van der Waals surface area contributed by atoms with Gasteiger partial charge in [0.2, 0.25) is 5.78 Å². The predicted octanol–water partition coefficient (Wildman–Crippen LogP) is 1.87. The quantitative estimate of drug-likeness (QED) is 0.646. The Morgan fingerprint density at radius 2 is 1.80 bits per heavy atom. The van der Waals surface area contributed by atoms with E-state index in [1.165, 1.54) is 12.2 Å². The third-order valence-corrected chi connectivity index (χ3v) is 2.56. The molecule has 1 aliphatic carbocycles. The minimum Gasteiger partial charge on any atom is -0.313 e. The molecule has 0 saturated heterocycles. The van der Waals surface area contributed by atoms with Crippen LogP contribution in [0.5, 0.6) is 0 Å². The summed E-state index contributed by atoms with van der Waals surface area (Å²) in [6.45, 7) is 0. The smallest absolute Gasteiger partial charge is 0.203 e. The van der Waals surface area contributed by atoms with Crippen molar-refractivity contribution in [3.63, 3.8) is 0 Å². The summed E-state index contributed by atoms with van der Waals surface area (Å²) in [6.07, 6.45) is 4.44. The van der Waals surface area contributed by atoms with Gasteiger partial charge in [0.15, 0.2) is 5.78 Å². The average molecular weight is 197 g/mol. The number of rotatable bonds is 0. The maximum absolute atomic E-state index is 11.6. The molecule has 3 nitrogen and oxygen atoms in total. The van der Waals surface area contributed by atoms with Crippen LogP contribution in [0.15, 0.2) is 42.6 Å². The minimum absolute atomic E-state index is 0.103. The molecule has 15 heavy (non-hydrogen) atoms. The van der Waals surface area contributed by atoms with Crippen LogP contribution in [0.2, 0.25) is 0 Å².